The van der Waals surface area contributed by atoms with Crippen LogP contribution in [0.4, 0.5) is 8.78 Å². The van der Waals surface area contributed by atoms with Crippen molar-refractivity contribution >= 4 is 29.1 Å². The number of nitrogens with zero attached hydrogens (tertiary/aromatic N) is 1. The van der Waals surface area contributed by atoms with Gasteiger partial charge in [0.05, 0.1) is 5.69 Å². The number of ether oxygens (including phenoxy) is 1. The Morgan fingerprint density at radius 2 is 1.90 bits per heavy atom. The number of hydrogen-bond acceptors (Lipinski definition) is 5. The summed E-state index contributed by atoms with van der Waals surface area (Å²) in [6.45, 7) is 2.06. The maximum absolute atomic E-state index is 13.2. The lowest BCUT2D eigenvalue weighted by molar-refractivity contribution is -0.139. The van der Waals surface area contributed by atoms with Crippen LogP contribution in [0.1, 0.15) is 27.3 Å². The summed E-state index contributed by atoms with van der Waals surface area (Å²) in [5.74, 6) is 0.261. The predicted molar refractivity (Wildman–Crippen MR) is 116 cm³/mol. The third-order valence-corrected chi connectivity index (χ3v) is 6.91. The molecule has 1 aromatic heterocycles. The van der Waals surface area contributed by atoms with E-state index in [1.807, 2.05) is 26.0 Å². The summed E-state index contributed by atoms with van der Waals surface area (Å²) in [6, 6.07) is 10.7. The number of rotatable bonds is 9. The molecule has 0 amide bonds. The number of thiazole rings is 1. The van der Waals surface area contributed by atoms with E-state index in [1.54, 1.807) is 47.4 Å². The minimum atomic E-state index is -1.01. The summed E-state index contributed by atoms with van der Waals surface area (Å²) in [5.41, 5.74) is 3.31. The quantitative estimate of drug-likeness (QED) is 0.399. The van der Waals surface area contributed by atoms with Crippen LogP contribution < -0.4 is 4.74 Å². The summed E-state index contributed by atoms with van der Waals surface area (Å²) >= 11 is 3.19. The van der Waals surface area contributed by atoms with Gasteiger partial charge in [-0.1, -0.05) is 12.1 Å². The van der Waals surface area contributed by atoms with E-state index in [4.69, 9.17) is 9.84 Å². The number of benzene rings is 2. The van der Waals surface area contributed by atoms with Crippen molar-refractivity contribution in [2.24, 2.45) is 0 Å². The molecule has 0 saturated carbocycles. The number of thioether (sulfide) groups is 1. The van der Waals surface area contributed by atoms with E-state index >= 15 is 0 Å². The van der Waals surface area contributed by atoms with E-state index in [-0.39, 0.29) is 6.61 Å². The van der Waals surface area contributed by atoms with Crippen LogP contribution in [0, 0.1) is 13.8 Å². The van der Waals surface area contributed by atoms with Gasteiger partial charge in [-0.15, -0.1) is 23.1 Å². The first-order chi connectivity index (χ1) is 14.4. The van der Waals surface area contributed by atoms with Crippen LogP contribution in [0.3, 0.4) is 0 Å². The fraction of sp³-hybridized carbons (Fsp3) is 0.273. The molecule has 8 heteroatoms. The van der Waals surface area contributed by atoms with Crippen molar-refractivity contribution in [3.8, 4) is 16.3 Å². The summed E-state index contributed by atoms with van der Waals surface area (Å²) in [7, 11) is 0. The second-order valence-electron chi connectivity index (χ2n) is 6.68. The Hall–Kier alpha value is -2.45. The van der Waals surface area contributed by atoms with Gasteiger partial charge in [-0.2, -0.15) is 0 Å². The Kier molecular flexibility index (Phi) is 7.44. The molecule has 0 aliphatic heterocycles. The molecule has 3 aromatic rings. The van der Waals surface area contributed by atoms with E-state index in [9.17, 15) is 13.6 Å². The minimum Gasteiger partial charge on any atom is -0.482 e. The SMILES string of the molecule is Cc1cc(SCc2sc(-c3ccc(CF)c(CF)c3)nc2C)ccc1OCC(=O)O. The highest BCUT2D eigenvalue weighted by molar-refractivity contribution is 7.98. The number of carboxylic acids is 1. The number of aromatic nitrogens is 1. The van der Waals surface area contributed by atoms with Gasteiger partial charge in [0.15, 0.2) is 6.61 Å². The van der Waals surface area contributed by atoms with E-state index in [1.165, 1.54) is 0 Å². The van der Waals surface area contributed by atoms with E-state index < -0.39 is 19.3 Å². The summed E-state index contributed by atoms with van der Waals surface area (Å²) in [5, 5.41) is 9.52. The molecule has 0 fully saturated rings. The van der Waals surface area contributed by atoms with Crippen LogP contribution in [0.15, 0.2) is 41.3 Å². The Balaban J connectivity index is 1.71. The lowest BCUT2D eigenvalue weighted by atomic mass is 10.1. The number of aryl methyl sites for hydroxylation is 2. The van der Waals surface area contributed by atoms with Crippen molar-refractivity contribution in [3.05, 3.63) is 63.7 Å². The predicted octanol–water partition coefficient (Wildman–Crippen LogP) is 6.12. The largest absolute Gasteiger partial charge is 0.482 e. The lowest BCUT2D eigenvalue weighted by Gasteiger charge is -2.08. The van der Waals surface area contributed by atoms with Crippen molar-refractivity contribution in [1.82, 2.24) is 4.98 Å². The first-order valence-corrected chi connectivity index (χ1v) is 11.0. The lowest BCUT2D eigenvalue weighted by Crippen LogP contribution is -2.09. The van der Waals surface area contributed by atoms with Crippen molar-refractivity contribution in [2.75, 3.05) is 6.61 Å². The molecule has 1 N–H and O–H groups in total. The second kappa shape index (κ2) is 10.0. The minimum absolute atomic E-state index is 0.361. The van der Waals surface area contributed by atoms with Gasteiger partial charge in [-0.05, 0) is 54.8 Å². The average Bonchev–Trinajstić information content (AvgIpc) is 3.11. The number of aliphatic carboxylic acids is 1. The Morgan fingerprint density at radius 1 is 1.13 bits per heavy atom. The highest BCUT2D eigenvalue weighted by Crippen LogP contribution is 2.34. The zero-order valence-corrected chi connectivity index (χ0v) is 18.2. The number of carboxylic acid groups (broad SMARTS) is 1. The number of hydrogen-bond donors (Lipinski definition) is 1. The molecule has 158 valence electrons. The van der Waals surface area contributed by atoms with Crippen molar-refractivity contribution in [1.29, 1.82) is 0 Å². The Morgan fingerprint density at radius 3 is 2.57 bits per heavy atom. The summed E-state index contributed by atoms with van der Waals surface area (Å²) < 4.78 is 31.4. The average molecular weight is 450 g/mol. The van der Waals surface area contributed by atoms with Gasteiger partial charge in [-0.25, -0.2) is 18.6 Å². The molecule has 0 bridgehead atoms. The molecule has 0 aliphatic rings. The van der Waals surface area contributed by atoms with Crippen molar-refractivity contribution in [2.45, 2.75) is 37.8 Å². The van der Waals surface area contributed by atoms with Gasteiger partial charge in [0.25, 0.3) is 0 Å². The van der Waals surface area contributed by atoms with Gasteiger partial charge in [0.1, 0.15) is 24.1 Å². The highest BCUT2D eigenvalue weighted by Gasteiger charge is 2.13. The first-order valence-electron chi connectivity index (χ1n) is 9.19. The number of halogens is 2. The molecule has 3 rings (SSSR count). The summed E-state index contributed by atoms with van der Waals surface area (Å²) in [6.07, 6.45) is 0. The normalized spacial score (nSPS) is 10.9. The smallest absolute Gasteiger partial charge is 0.341 e. The first kappa shape index (κ1) is 22.2. The third-order valence-electron chi connectivity index (χ3n) is 4.50. The monoisotopic (exact) mass is 449 g/mol. The van der Waals surface area contributed by atoms with Crippen LogP contribution in [-0.2, 0) is 23.9 Å². The van der Waals surface area contributed by atoms with Gasteiger partial charge in [-0.3, -0.25) is 0 Å². The number of alkyl halides is 2. The standard InChI is InChI=1S/C22H21F2NO3S2/c1-13-7-18(5-6-19(13)28-11-21(26)27)29-12-20-14(2)25-22(30-20)15-3-4-16(9-23)17(8-15)10-24/h3-8H,9-12H2,1-2H3,(H,26,27). The fourth-order valence-electron chi connectivity index (χ4n) is 2.86. The van der Waals surface area contributed by atoms with E-state index in [0.29, 0.717) is 16.9 Å². The van der Waals surface area contributed by atoms with Gasteiger partial charge in [0, 0.05) is 21.1 Å². The van der Waals surface area contributed by atoms with Crippen LogP contribution in [0.2, 0.25) is 0 Å². The molecular weight excluding hydrogens is 428 g/mol. The Labute approximate surface area is 181 Å². The second-order valence-corrected chi connectivity index (χ2v) is 8.81. The topological polar surface area (TPSA) is 59.4 Å². The molecule has 2 aromatic carbocycles. The van der Waals surface area contributed by atoms with Gasteiger partial charge < -0.3 is 9.84 Å². The molecule has 0 radical (unpaired) electrons. The summed E-state index contributed by atoms with van der Waals surface area (Å²) in [4.78, 5) is 17.4. The molecule has 1 heterocycles. The fourth-order valence-corrected chi connectivity index (χ4v) is 5.06. The van der Waals surface area contributed by atoms with Crippen LogP contribution in [0.25, 0.3) is 10.6 Å². The van der Waals surface area contributed by atoms with Crippen molar-refractivity contribution < 1.29 is 23.4 Å². The molecule has 0 unspecified atom stereocenters. The third kappa shape index (κ3) is 5.37. The van der Waals surface area contributed by atoms with E-state index in [2.05, 4.69) is 4.98 Å². The molecule has 0 spiro atoms. The number of carbonyl (C=O) groups is 1. The molecule has 0 saturated heterocycles. The Bertz CT molecular complexity index is 1050. The highest BCUT2D eigenvalue weighted by atomic mass is 32.2. The van der Waals surface area contributed by atoms with E-state index in [0.717, 1.165) is 37.4 Å². The van der Waals surface area contributed by atoms with Gasteiger partial charge in [0.2, 0.25) is 0 Å². The van der Waals surface area contributed by atoms with Crippen LogP contribution in [0.5, 0.6) is 5.75 Å². The van der Waals surface area contributed by atoms with Crippen molar-refractivity contribution in [3.63, 3.8) is 0 Å². The van der Waals surface area contributed by atoms with Crippen LogP contribution >= 0.6 is 23.1 Å². The molecule has 0 aliphatic carbocycles. The maximum atomic E-state index is 13.2. The maximum Gasteiger partial charge on any atom is 0.341 e. The molecule has 0 atom stereocenters. The molecule has 30 heavy (non-hydrogen) atoms. The molecular formula is C22H21F2NO3S2. The van der Waals surface area contributed by atoms with Crippen LogP contribution in [-0.4, -0.2) is 22.7 Å². The zero-order valence-electron chi connectivity index (χ0n) is 16.6. The van der Waals surface area contributed by atoms with Gasteiger partial charge >= 0.3 is 5.97 Å². The molecule has 4 nitrogen and oxygen atoms in total. The zero-order chi connectivity index (χ0) is 21.7.